The van der Waals surface area contributed by atoms with Gasteiger partial charge in [0.15, 0.2) is 0 Å². The Morgan fingerprint density at radius 1 is 1.12 bits per heavy atom. The van der Waals surface area contributed by atoms with Gasteiger partial charge in [0.25, 0.3) is 0 Å². The third-order valence-corrected chi connectivity index (χ3v) is 5.69. The first-order valence-corrected chi connectivity index (χ1v) is 9.46. The minimum atomic E-state index is -3.64. The topological polar surface area (TPSA) is 88.2 Å². The first-order chi connectivity index (χ1) is 11.4. The van der Waals surface area contributed by atoms with E-state index in [1.165, 1.54) is 30.4 Å². The molecule has 0 aliphatic rings. The number of amides is 1. The second-order valence-corrected chi connectivity index (χ2v) is 7.99. The van der Waals surface area contributed by atoms with E-state index in [1.54, 1.807) is 12.1 Å². The second kappa shape index (κ2) is 6.68. The lowest BCUT2D eigenvalue weighted by molar-refractivity contribution is -0.114. The van der Waals surface area contributed by atoms with E-state index < -0.39 is 10.0 Å². The highest BCUT2D eigenvalue weighted by Crippen LogP contribution is 2.22. The number of fused-ring (bicyclic) bond motifs is 1. The fraction of sp³-hybridized carbons (Fsp3) is 0.125. The summed E-state index contributed by atoms with van der Waals surface area (Å²) in [6.07, 6.45) is 0. The van der Waals surface area contributed by atoms with Crippen LogP contribution >= 0.6 is 11.3 Å². The molecule has 6 nitrogen and oxygen atoms in total. The van der Waals surface area contributed by atoms with Gasteiger partial charge in [-0.1, -0.05) is 12.1 Å². The number of carbonyl (C=O) groups excluding carboxylic acids is 1. The van der Waals surface area contributed by atoms with Gasteiger partial charge < -0.3 is 5.32 Å². The number of nitrogens with zero attached hydrogens (tertiary/aromatic N) is 1. The van der Waals surface area contributed by atoms with Gasteiger partial charge in [-0.05, 0) is 36.4 Å². The molecule has 124 valence electrons. The van der Waals surface area contributed by atoms with E-state index in [1.807, 2.05) is 24.3 Å². The van der Waals surface area contributed by atoms with Gasteiger partial charge in [0, 0.05) is 12.6 Å². The zero-order valence-corrected chi connectivity index (χ0v) is 14.4. The van der Waals surface area contributed by atoms with Crippen LogP contribution in [0, 0.1) is 0 Å². The molecule has 0 fully saturated rings. The zero-order chi connectivity index (χ0) is 17.2. The monoisotopic (exact) mass is 361 g/mol. The summed E-state index contributed by atoms with van der Waals surface area (Å²) in [6.45, 7) is 1.53. The first-order valence-electron chi connectivity index (χ1n) is 7.16. The van der Waals surface area contributed by atoms with Crippen molar-refractivity contribution < 1.29 is 13.2 Å². The molecule has 3 aromatic rings. The Morgan fingerprint density at radius 2 is 1.83 bits per heavy atom. The van der Waals surface area contributed by atoms with Crippen molar-refractivity contribution in [3.8, 4) is 0 Å². The highest BCUT2D eigenvalue weighted by Gasteiger charge is 2.15. The van der Waals surface area contributed by atoms with Crippen LogP contribution in [0.5, 0.6) is 0 Å². The van der Waals surface area contributed by atoms with Crippen LogP contribution in [0.2, 0.25) is 0 Å². The van der Waals surface area contributed by atoms with Crippen LogP contribution in [-0.2, 0) is 21.4 Å². The summed E-state index contributed by atoms with van der Waals surface area (Å²) in [5, 5.41) is 3.30. The Balaban J connectivity index is 1.72. The van der Waals surface area contributed by atoms with Crippen LogP contribution < -0.4 is 10.0 Å². The van der Waals surface area contributed by atoms with Gasteiger partial charge >= 0.3 is 0 Å². The maximum atomic E-state index is 12.3. The molecule has 0 aliphatic carbocycles. The van der Waals surface area contributed by atoms with E-state index in [4.69, 9.17) is 0 Å². The summed E-state index contributed by atoms with van der Waals surface area (Å²) >= 11 is 1.46. The molecular formula is C16H15N3O3S2. The molecule has 0 bridgehead atoms. The number of rotatable bonds is 5. The number of thiazole rings is 1. The molecule has 0 atom stereocenters. The fourth-order valence-electron chi connectivity index (χ4n) is 2.16. The quantitative estimate of drug-likeness (QED) is 0.731. The number of aromatic nitrogens is 1. The van der Waals surface area contributed by atoms with Crippen LogP contribution in [-0.4, -0.2) is 19.3 Å². The molecule has 24 heavy (non-hydrogen) atoms. The highest BCUT2D eigenvalue weighted by molar-refractivity contribution is 7.89. The van der Waals surface area contributed by atoms with Gasteiger partial charge in [-0.15, -0.1) is 11.3 Å². The van der Waals surface area contributed by atoms with Gasteiger partial charge in [0.2, 0.25) is 15.9 Å². The molecule has 3 rings (SSSR count). The predicted octanol–water partition coefficient (Wildman–Crippen LogP) is 2.73. The van der Waals surface area contributed by atoms with Crippen molar-refractivity contribution in [1.82, 2.24) is 9.71 Å². The van der Waals surface area contributed by atoms with Gasteiger partial charge in [0.1, 0.15) is 5.01 Å². The lowest BCUT2D eigenvalue weighted by Gasteiger charge is -2.07. The molecule has 8 heteroatoms. The van der Waals surface area contributed by atoms with Crippen molar-refractivity contribution in [2.45, 2.75) is 18.4 Å². The summed E-state index contributed by atoms with van der Waals surface area (Å²) in [5.74, 6) is -0.209. The van der Waals surface area contributed by atoms with E-state index in [-0.39, 0.29) is 17.3 Å². The zero-order valence-electron chi connectivity index (χ0n) is 12.8. The molecule has 1 aromatic heterocycles. The van der Waals surface area contributed by atoms with Crippen molar-refractivity contribution in [2.24, 2.45) is 0 Å². The number of sulfonamides is 1. The summed E-state index contributed by atoms with van der Waals surface area (Å²) in [7, 11) is -3.64. The van der Waals surface area contributed by atoms with E-state index >= 15 is 0 Å². The SMILES string of the molecule is CC(=O)Nc1ccc(S(=O)(=O)NCc2nc3ccccc3s2)cc1. The minimum Gasteiger partial charge on any atom is -0.326 e. The van der Waals surface area contributed by atoms with Crippen molar-refractivity contribution in [2.75, 3.05) is 5.32 Å². The Kier molecular flexibility index (Phi) is 4.61. The van der Waals surface area contributed by atoms with E-state index in [0.29, 0.717) is 10.7 Å². The van der Waals surface area contributed by atoms with Crippen LogP contribution in [0.15, 0.2) is 53.4 Å². The molecule has 2 N–H and O–H groups in total. The van der Waals surface area contributed by atoms with E-state index in [9.17, 15) is 13.2 Å². The Bertz CT molecular complexity index is 946. The Labute approximate surface area is 143 Å². The average molecular weight is 361 g/mol. The van der Waals surface area contributed by atoms with Gasteiger partial charge in [-0.3, -0.25) is 4.79 Å². The van der Waals surface area contributed by atoms with Gasteiger partial charge in [-0.2, -0.15) is 0 Å². The number of carbonyl (C=O) groups is 1. The van der Waals surface area contributed by atoms with Crippen molar-refractivity contribution >= 4 is 43.2 Å². The third kappa shape index (κ3) is 3.78. The molecule has 0 saturated heterocycles. The molecule has 0 saturated carbocycles. The molecule has 0 aliphatic heterocycles. The fourth-order valence-corrected chi connectivity index (χ4v) is 4.14. The number of hydrogen-bond donors (Lipinski definition) is 2. The summed E-state index contributed by atoms with van der Waals surface area (Å²) in [6, 6.07) is 13.7. The van der Waals surface area contributed by atoms with Gasteiger partial charge in [-0.25, -0.2) is 18.1 Å². The minimum absolute atomic E-state index is 0.134. The van der Waals surface area contributed by atoms with Crippen LogP contribution in [0.1, 0.15) is 11.9 Å². The van der Waals surface area contributed by atoms with E-state index in [0.717, 1.165) is 10.2 Å². The largest absolute Gasteiger partial charge is 0.326 e. The molecule has 0 spiro atoms. The Hall–Kier alpha value is -2.29. The van der Waals surface area contributed by atoms with Gasteiger partial charge in [0.05, 0.1) is 21.7 Å². The molecule has 0 radical (unpaired) electrons. The smallest absolute Gasteiger partial charge is 0.240 e. The number of para-hydroxylation sites is 1. The molecule has 1 heterocycles. The number of benzene rings is 2. The summed E-state index contributed by atoms with van der Waals surface area (Å²) in [5.41, 5.74) is 1.41. The van der Waals surface area contributed by atoms with Crippen molar-refractivity contribution in [3.05, 3.63) is 53.5 Å². The van der Waals surface area contributed by atoms with Crippen molar-refractivity contribution in [1.29, 1.82) is 0 Å². The summed E-state index contributed by atoms with van der Waals surface area (Å²) < 4.78 is 28.2. The number of hydrogen-bond acceptors (Lipinski definition) is 5. The first kappa shape index (κ1) is 16.6. The molecule has 2 aromatic carbocycles. The average Bonchev–Trinajstić information content (AvgIpc) is 2.96. The maximum Gasteiger partial charge on any atom is 0.240 e. The standard InChI is InChI=1S/C16H15N3O3S2/c1-11(20)18-12-6-8-13(9-7-12)24(21,22)17-10-16-19-14-4-2-3-5-15(14)23-16/h2-9,17H,10H2,1H3,(H,18,20). The number of anilines is 1. The molecule has 1 amide bonds. The Morgan fingerprint density at radius 3 is 2.50 bits per heavy atom. The van der Waals surface area contributed by atoms with Crippen LogP contribution in [0.4, 0.5) is 5.69 Å². The summed E-state index contributed by atoms with van der Waals surface area (Å²) in [4.78, 5) is 15.5. The lowest BCUT2D eigenvalue weighted by atomic mass is 10.3. The second-order valence-electron chi connectivity index (χ2n) is 5.11. The third-order valence-electron chi connectivity index (χ3n) is 3.24. The number of nitrogens with one attached hydrogen (secondary N) is 2. The maximum absolute atomic E-state index is 12.3. The molecule has 0 unspecified atom stereocenters. The predicted molar refractivity (Wildman–Crippen MR) is 94.4 cm³/mol. The lowest BCUT2D eigenvalue weighted by Crippen LogP contribution is -2.23. The molecular weight excluding hydrogens is 346 g/mol. The van der Waals surface area contributed by atoms with Crippen molar-refractivity contribution in [3.63, 3.8) is 0 Å². The normalized spacial score (nSPS) is 11.5. The van der Waals surface area contributed by atoms with E-state index in [2.05, 4.69) is 15.0 Å². The van der Waals surface area contributed by atoms with Crippen LogP contribution in [0.3, 0.4) is 0 Å². The highest BCUT2D eigenvalue weighted by atomic mass is 32.2. The van der Waals surface area contributed by atoms with Crippen LogP contribution in [0.25, 0.3) is 10.2 Å².